The Balaban J connectivity index is 1.46. The number of hydrogen-bond donors (Lipinski definition) is 1. The van der Waals surface area contributed by atoms with Crippen LogP contribution in [0.25, 0.3) is 0 Å². The largest absolute Gasteiger partial charge is 0.396 e. The molecular weight excluding hydrogens is 306 g/mol. The SMILES string of the molecule is O=C([C@@H]1CCCN(C2CCN(CCCO)CC2)C1)N1CCOCC1. The van der Waals surface area contributed by atoms with E-state index in [0.717, 1.165) is 65.1 Å². The number of ether oxygens (including phenoxy) is 1. The molecule has 1 amide bonds. The lowest BCUT2D eigenvalue weighted by molar-refractivity contribution is -0.142. The molecule has 0 aromatic heterocycles. The molecule has 0 aromatic rings. The van der Waals surface area contributed by atoms with Crippen LogP contribution in [0, 0.1) is 5.92 Å². The van der Waals surface area contributed by atoms with Gasteiger partial charge in [0.2, 0.25) is 5.91 Å². The van der Waals surface area contributed by atoms with Gasteiger partial charge in [-0.05, 0) is 51.7 Å². The normalized spacial score (nSPS) is 28.2. The Bertz CT molecular complexity index is 393. The van der Waals surface area contributed by atoms with Gasteiger partial charge >= 0.3 is 0 Å². The van der Waals surface area contributed by atoms with Crippen LogP contribution >= 0.6 is 0 Å². The van der Waals surface area contributed by atoms with Crippen LogP contribution in [-0.4, -0.2) is 97.4 Å². The van der Waals surface area contributed by atoms with E-state index < -0.39 is 0 Å². The van der Waals surface area contributed by atoms with Gasteiger partial charge < -0.3 is 19.6 Å². The van der Waals surface area contributed by atoms with E-state index in [-0.39, 0.29) is 12.5 Å². The Morgan fingerprint density at radius 3 is 2.50 bits per heavy atom. The lowest BCUT2D eigenvalue weighted by Crippen LogP contribution is -2.52. The van der Waals surface area contributed by atoms with Crippen molar-refractivity contribution in [3.05, 3.63) is 0 Å². The first kappa shape index (κ1) is 18.1. The molecule has 6 heteroatoms. The first-order chi connectivity index (χ1) is 11.8. The van der Waals surface area contributed by atoms with Crippen molar-refractivity contribution >= 4 is 5.91 Å². The van der Waals surface area contributed by atoms with Crippen molar-refractivity contribution in [1.82, 2.24) is 14.7 Å². The molecule has 0 aromatic carbocycles. The van der Waals surface area contributed by atoms with Crippen LogP contribution in [0.1, 0.15) is 32.1 Å². The summed E-state index contributed by atoms with van der Waals surface area (Å²) >= 11 is 0. The van der Waals surface area contributed by atoms with Gasteiger partial charge in [0.15, 0.2) is 0 Å². The first-order valence-corrected chi connectivity index (χ1v) is 9.71. The third-order valence-corrected chi connectivity index (χ3v) is 5.83. The van der Waals surface area contributed by atoms with Crippen molar-refractivity contribution in [2.45, 2.75) is 38.1 Å². The summed E-state index contributed by atoms with van der Waals surface area (Å²) in [7, 11) is 0. The van der Waals surface area contributed by atoms with Gasteiger partial charge in [-0.15, -0.1) is 0 Å². The predicted octanol–water partition coefficient (Wildman–Crippen LogP) is 0.404. The molecule has 1 N–H and O–H groups in total. The molecule has 0 saturated carbocycles. The minimum Gasteiger partial charge on any atom is -0.396 e. The van der Waals surface area contributed by atoms with Crippen molar-refractivity contribution in [2.75, 3.05) is 65.6 Å². The third kappa shape index (κ3) is 4.69. The van der Waals surface area contributed by atoms with E-state index in [2.05, 4.69) is 9.80 Å². The van der Waals surface area contributed by atoms with E-state index in [4.69, 9.17) is 9.84 Å². The van der Waals surface area contributed by atoms with Gasteiger partial charge in [-0.1, -0.05) is 0 Å². The summed E-state index contributed by atoms with van der Waals surface area (Å²) in [6, 6.07) is 0.635. The zero-order chi connectivity index (χ0) is 16.8. The van der Waals surface area contributed by atoms with E-state index in [9.17, 15) is 4.79 Å². The van der Waals surface area contributed by atoms with Crippen molar-refractivity contribution < 1.29 is 14.6 Å². The fourth-order valence-electron chi connectivity index (χ4n) is 4.38. The van der Waals surface area contributed by atoms with Crippen LogP contribution in [0.15, 0.2) is 0 Å². The molecule has 6 nitrogen and oxygen atoms in total. The molecule has 3 saturated heterocycles. The second kappa shape index (κ2) is 9.13. The van der Waals surface area contributed by atoms with E-state index in [1.54, 1.807) is 0 Å². The predicted molar refractivity (Wildman–Crippen MR) is 92.9 cm³/mol. The maximum Gasteiger partial charge on any atom is 0.227 e. The molecule has 3 heterocycles. The summed E-state index contributed by atoms with van der Waals surface area (Å²) in [5, 5.41) is 8.96. The first-order valence-electron chi connectivity index (χ1n) is 9.71. The van der Waals surface area contributed by atoms with Gasteiger partial charge in [0.05, 0.1) is 19.1 Å². The Morgan fingerprint density at radius 2 is 1.79 bits per heavy atom. The molecule has 3 aliphatic heterocycles. The van der Waals surface area contributed by atoms with Crippen LogP contribution in [0.5, 0.6) is 0 Å². The molecule has 138 valence electrons. The number of aliphatic hydroxyl groups is 1. The van der Waals surface area contributed by atoms with Crippen molar-refractivity contribution in [3.63, 3.8) is 0 Å². The maximum atomic E-state index is 12.8. The van der Waals surface area contributed by atoms with E-state index >= 15 is 0 Å². The highest BCUT2D eigenvalue weighted by molar-refractivity contribution is 5.79. The summed E-state index contributed by atoms with van der Waals surface area (Å²) in [5.41, 5.74) is 0. The number of piperidine rings is 2. The van der Waals surface area contributed by atoms with E-state index in [0.29, 0.717) is 25.2 Å². The molecule has 0 unspecified atom stereocenters. The Kier molecular flexibility index (Phi) is 6.89. The standard InChI is InChI=1S/C18H33N3O3/c22-12-2-6-19-8-4-17(5-9-19)21-7-1-3-16(15-21)18(23)20-10-13-24-14-11-20/h16-17,22H,1-15H2/t16-/m1/s1. The molecule has 0 bridgehead atoms. The Morgan fingerprint density at radius 1 is 1.04 bits per heavy atom. The van der Waals surface area contributed by atoms with Crippen molar-refractivity contribution in [3.8, 4) is 0 Å². The molecule has 3 fully saturated rings. The van der Waals surface area contributed by atoms with Crippen LogP contribution in [0.2, 0.25) is 0 Å². The fraction of sp³-hybridized carbons (Fsp3) is 0.944. The van der Waals surface area contributed by atoms with Gasteiger partial charge in [0.25, 0.3) is 0 Å². The van der Waals surface area contributed by atoms with Crippen LogP contribution in [0.4, 0.5) is 0 Å². The number of aliphatic hydroxyl groups excluding tert-OH is 1. The molecule has 24 heavy (non-hydrogen) atoms. The maximum absolute atomic E-state index is 12.8. The average Bonchev–Trinajstić information content (AvgIpc) is 2.67. The number of nitrogens with zero attached hydrogens (tertiary/aromatic N) is 3. The fourth-order valence-corrected chi connectivity index (χ4v) is 4.38. The van der Waals surface area contributed by atoms with Gasteiger partial charge in [-0.3, -0.25) is 9.69 Å². The van der Waals surface area contributed by atoms with Gasteiger partial charge in [0.1, 0.15) is 0 Å². The second-order valence-corrected chi connectivity index (χ2v) is 7.42. The number of morpholine rings is 1. The van der Waals surface area contributed by atoms with Crippen LogP contribution in [-0.2, 0) is 9.53 Å². The van der Waals surface area contributed by atoms with Gasteiger partial charge in [-0.25, -0.2) is 0 Å². The quantitative estimate of drug-likeness (QED) is 0.786. The molecule has 0 spiro atoms. The molecule has 3 rings (SSSR count). The van der Waals surface area contributed by atoms with Crippen LogP contribution < -0.4 is 0 Å². The average molecular weight is 339 g/mol. The number of carbonyl (C=O) groups excluding carboxylic acids is 1. The summed E-state index contributed by atoms with van der Waals surface area (Å²) in [6.07, 6.45) is 5.46. The van der Waals surface area contributed by atoms with Gasteiger partial charge in [-0.2, -0.15) is 0 Å². The third-order valence-electron chi connectivity index (χ3n) is 5.83. The monoisotopic (exact) mass is 339 g/mol. The molecular formula is C18H33N3O3. The van der Waals surface area contributed by atoms with Crippen molar-refractivity contribution in [2.24, 2.45) is 5.92 Å². The lowest BCUT2D eigenvalue weighted by atomic mass is 9.92. The molecule has 1 atom stereocenters. The smallest absolute Gasteiger partial charge is 0.227 e. The molecule has 0 radical (unpaired) electrons. The number of carbonyl (C=O) groups is 1. The highest BCUT2D eigenvalue weighted by Gasteiger charge is 2.33. The summed E-state index contributed by atoms with van der Waals surface area (Å²) in [6.45, 7) is 8.55. The summed E-state index contributed by atoms with van der Waals surface area (Å²) < 4.78 is 5.37. The van der Waals surface area contributed by atoms with E-state index in [1.165, 1.54) is 12.8 Å². The Labute approximate surface area is 145 Å². The minimum atomic E-state index is 0.185. The Hall–Kier alpha value is -0.690. The second-order valence-electron chi connectivity index (χ2n) is 7.42. The zero-order valence-corrected chi connectivity index (χ0v) is 14.9. The summed E-state index contributed by atoms with van der Waals surface area (Å²) in [4.78, 5) is 19.8. The number of rotatable bonds is 5. The minimum absolute atomic E-state index is 0.185. The van der Waals surface area contributed by atoms with Crippen LogP contribution in [0.3, 0.4) is 0 Å². The van der Waals surface area contributed by atoms with E-state index in [1.807, 2.05) is 4.90 Å². The number of amides is 1. The summed E-state index contributed by atoms with van der Waals surface area (Å²) in [5.74, 6) is 0.535. The molecule has 3 aliphatic rings. The highest BCUT2D eigenvalue weighted by atomic mass is 16.5. The van der Waals surface area contributed by atoms with Gasteiger partial charge in [0, 0.05) is 38.8 Å². The number of likely N-dealkylation sites (tertiary alicyclic amines) is 2. The topological polar surface area (TPSA) is 56.2 Å². The number of hydrogen-bond acceptors (Lipinski definition) is 5. The highest BCUT2D eigenvalue weighted by Crippen LogP contribution is 2.25. The zero-order valence-electron chi connectivity index (χ0n) is 14.9. The lowest BCUT2D eigenvalue weighted by Gasteiger charge is -2.43. The molecule has 0 aliphatic carbocycles. The van der Waals surface area contributed by atoms with Crippen molar-refractivity contribution in [1.29, 1.82) is 0 Å².